The molecule has 0 radical (unpaired) electrons. The molecule has 4 heteroatoms. The quantitative estimate of drug-likeness (QED) is 0.868. The van der Waals surface area contributed by atoms with Crippen LogP contribution in [0.15, 0.2) is 12.1 Å². The van der Waals surface area contributed by atoms with E-state index in [-0.39, 0.29) is 0 Å². The number of hydrogen-bond acceptors (Lipinski definition) is 2. The number of thiophene rings is 1. The van der Waals surface area contributed by atoms with Gasteiger partial charge in [-0.3, -0.25) is 0 Å². The Balaban J connectivity index is 2.65. The Hall–Kier alpha value is -1.29. The fourth-order valence-corrected chi connectivity index (χ4v) is 2.77. The summed E-state index contributed by atoms with van der Waals surface area (Å²) in [6.45, 7) is 4.86. The molecule has 0 unspecified atom stereocenters. The maximum absolute atomic E-state index is 11.0. The van der Waals surface area contributed by atoms with Gasteiger partial charge < -0.3 is 9.67 Å². The molecule has 0 aliphatic rings. The number of aromatic carboxylic acids is 1. The molecule has 80 valence electrons. The SMILES string of the molecule is CCCn1c(C(=O)O)cc2sc(C)cc21. The van der Waals surface area contributed by atoms with Crippen LogP contribution in [-0.2, 0) is 6.54 Å². The van der Waals surface area contributed by atoms with Crippen molar-refractivity contribution in [3.8, 4) is 0 Å². The number of aryl methyl sites for hydroxylation is 2. The standard InChI is InChI=1S/C11H13NO2S/c1-3-4-12-8-5-7(2)15-10(8)6-9(12)11(13)14/h5-6H,3-4H2,1-2H3,(H,13,14). The highest BCUT2D eigenvalue weighted by Crippen LogP contribution is 2.28. The molecule has 0 aromatic carbocycles. The van der Waals surface area contributed by atoms with Crippen LogP contribution in [0.25, 0.3) is 10.2 Å². The second-order valence-electron chi connectivity index (χ2n) is 3.59. The van der Waals surface area contributed by atoms with Gasteiger partial charge in [0.2, 0.25) is 0 Å². The molecule has 15 heavy (non-hydrogen) atoms. The van der Waals surface area contributed by atoms with Crippen molar-refractivity contribution in [3.63, 3.8) is 0 Å². The van der Waals surface area contributed by atoms with Crippen molar-refractivity contribution in [2.24, 2.45) is 0 Å². The molecule has 0 saturated heterocycles. The van der Waals surface area contributed by atoms with E-state index < -0.39 is 5.97 Å². The van der Waals surface area contributed by atoms with Gasteiger partial charge in [0, 0.05) is 11.4 Å². The molecule has 0 spiro atoms. The van der Waals surface area contributed by atoms with E-state index in [0.717, 1.165) is 23.2 Å². The molecule has 2 aromatic heterocycles. The van der Waals surface area contributed by atoms with Crippen LogP contribution in [-0.4, -0.2) is 15.6 Å². The minimum Gasteiger partial charge on any atom is -0.477 e. The Kier molecular flexibility index (Phi) is 2.52. The first kappa shape index (κ1) is 10.2. The molecule has 3 nitrogen and oxygen atoms in total. The summed E-state index contributed by atoms with van der Waals surface area (Å²) < 4.78 is 2.96. The zero-order valence-electron chi connectivity index (χ0n) is 8.78. The Bertz CT molecular complexity index is 510. The molecular formula is C11H13NO2S. The Morgan fingerprint density at radius 1 is 1.53 bits per heavy atom. The smallest absolute Gasteiger partial charge is 0.352 e. The van der Waals surface area contributed by atoms with Crippen LogP contribution < -0.4 is 0 Å². The molecule has 1 N–H and O–H groups in total. The number of hydrogen-bond donors (Lipinski definition) is 1. The predicted octanol–water partition coefficient (Wildman–Crippen LogP) is 3.12. The average molecular weight is 223 g/mol. The maximum atomic E-state index is 11.0. The molecule has 0 saturated carbocycles. The molecule has 0 aliphatic carbocycles. The van der Waals surface area contributed by atoms with Crippen LogP contribution >= 0.6 is 11.3 Å². The lowest BCUT2D eigenvalue weighted by Crippen LogP contribution is -2.07. The van der Waals surface area contributed by atoms with Gasteiger partial charge in [0.1, 0.15) is 5.69 Å². The van der Waals surface area contributed by atoms with Crippen molar-refractivity contribution in [2.75, 3.05) is 0 Å². The van der Waals surface area contributed by atoms with Gasteiger partial charge in [-0.25, -0.2) is 4.79 Å². The number of carboxylic acid groups (broad SMARTS) is 1. The second-order valence-corrected chi connectivity index (χ2v) is 4.88. The molecule has 0 atom stereocenters. The molecule has 0 aliphatic heterocycles. The van der Waals surface area contributed by atoms with Gasteiger partial charge in [-0.05, 0) is 25.5 Å². The van der Waals surface area contributed by atoms with Crippen LogP contribution in [0, 0.1) is 6.92 Å². The molecule has 2 rings (SSSR count). The minimum atomic E-state index is -0.843. The highest BCUT2D eigenvalue weighted by Gasteiger charge is 2.15. The van der Waals surface area contributed by atoms with E-state index in [1.165, 1.54) is 4.88 Å². The lowest BCUT2D eigenvalue weighted by atomic mass is 10.4. The minimum absolute atomic E-state index is 0.401. The first-order valence-electron chi connectivity index (χ1n) is 4.96. The van der Waals surface area contributed by atoms with Crippen molar-refractivity contribution in [3.05, 3.63) is 22.7 Å². The van der Waals surface area contributed by atoms with E-state index in [9.17, 15) is 4.79 Å². The second kappa shape index (κ2) is 3.70. The van der Waals surface area contributed by atoms with E-state index in [1.807, 2.05) is 11.5 Å². The van der Waals surface area contributed by atoms with Crippen LogP contribution in [0.2, 0.25) is 0 Å². The largest absolute Gasteiger partial charge is 0.477 e. The zero-order chi connectivity index (χ0) is 11.0. The third-order valence-electron chi connectivity index (χ3n) is 2.38. The molecule has 0 amide bonds. The summed E-state index contributed by atoms with van der Waals surface area (Å²) in [6.07, 6.45) is 0.943. The van der Waals surface area contributed by atoms with Gasteiger partial charge in [-0.1, -0.05) is 6.92 Å². The van der Waals surface area contributed by atoms with Crippen LogP contribution in [0.3, 0.4) is 0 Å². The number of nitrogens with zero attached hydrogens (tertiary/aromatic N) is 1. The van der Waals surface area contributed by atoms with Gasteiger partial charge in [-0.15, -0.1) is 11.3 Å². The summed E-state index contributed by atoms with van der Waals surface area (Å²) in [5.74, 6) is -0.843. The molecule has 2 heterocycles. The van der Waals surface area contributed by atoms with Gasteiger partial charge in [0.25, 0.3) is 0 Å². The van der Waals surface area contributed by atoms with Crippen molar-refractivity contribution in [2.45, 2.75) is 26.8 Å². The van der Waals surface area contributed by atoms with Gasteiger partial charge in [0.05, 0.1) is 10.2 Å². The monoisotopic (exact) mass is 223 g/mol. The summed E-state index contributed by atoms with van der Waals surface area (Å²) in [6, 6.07) is 3.83. The van der Waals surface area contributed by atoms with Crippen molar-refractivity contribution in [1.29, 1.82) is 0 Å². The molecule has 0 fully saturated rings. The van der Waals surface area contributed by atoms with E-state index >= 15 is 0 Å². The summed E-state index contributed by atoms with van der Waals surface area (Å²) >= 11 is 1.65. The summed E-state index contributed by atoms with van der Waals surface area (Å²) in [4.78, 5) is 12.3. The van der Waals surface area contributed by atoms with Gasteiger partial charge >= 0.3 is 5.97 Å². The highest BCUT2D eigenvalue weighted by molar-refractivity contribution is 7.19. The Morgan fingerprint density at radius 2 is 2.27 bits per heavy atom. The first-order valence-corrected chi connectivity index (χ1v) is 5.78. The molecule has 2 aromatic rings. The Labute approximate surface area is 92.0 Å². The number of fused-ring (bicyclic) bond motifs is 1. The lowest BCUT2D eigenvalue weighted by Gasteiger charge is -2.04. The Morgan fingerprint density at radius 3 is 2.87 bits per heavy atom. The van der Waals surface area contributed by atoms with Crippen LogP contribution in [0.4, 0.5) is 0 Å². The van der Waals surface area contributed by atoms with E-state index in [2.05, 4.69) is 13.0 Å². The van der Waals surface area contributed by atoms with E-state index in [1.54, 1.807) is 17.4 Å². The maximum Gasteiger partial charge on any atom is 0.352 e. The summed E-state index contributed by atoms with van der Waals surface area (Å²) in [7, 11) is 0. The number of carboxylic acids is 1. The van der Waals surface area contributed by atoms with E-state index in [4.69, 9.17) is 5.11 Å². The van der Waals surface area contributed by atoms with Gasteiger partial charge in [-0.2, -0.15) is 0 Å². The number of aromatic nitrogens is 1. The third kappa shape index (κ3) is 1.65. The van der Waals surface area contributed by atoms with E-state index in [0.29, 0.717) is 5.69 Å². The predicted molar refractivity (Wildman–Crippen MR) is 61.8 cm³/mol. The topological polar surface area (TPSA) is 42.2 Å². The fourth-order valence-electron chi connectivity index (χ4n) is 1.81. The normalized spacial score (nSPS) is 11.1. The highest BCUT2D eigenvalue weighted by atomic mass is 32.1. The summed E-state index contributed by atoms with van der Waals surface area (Å²) in [5, 5.41) is 9.06. The van der Waals surface area contributed by atoms with Crippen molar-refractivity contribution >= 4 is 27.5 Å². The zero-order valence-corrected chi connectivity index (χ0v) is 9.60. The van der Waals surface area contributed by atoms with Crippen molar-refractivity contribution < 1.29 is 9.90 Å². The molecular weight excluding hydrogens is 210 g/mol. The first-order chi connectivity index (χ1) is 7.13. The number of carbonyl (C=O) groups is 1. The lowest BCUT2D eigenvalue weighted by molar-refractivity contribution is 0.0685. The fraction of sp³-hybridized carbons (Fsp3) is 0.364. The van der Waals surface area contributed by atoms with Gasteiger partial charge in [0.15, 0.2) is 0 Å². The third-order valence-corrected chi connectivity index (χ3v) is 3.37. The summed E-state index contributed by atoms with van der Waals surface area (Å²) in [5.41, 5.74) is 1.45. The van der Waals surface area contributed by atoms with Crippen LogP contribution in [0.5, 0.6) is 0 Å². The number of rotatable bonds is 3. The molecule has 0 bridgehead atoms. The average Bonchev–Trinajstić information content (AvgIpc) is 2.64. The van der Waals surface area contributed by atoms with Crippen molar-refractivity contribution in [1.82, 2.24) is 4.57 Å². The van der Waals surface area contributed by atoms with Crippen LogP contribution in [0.1, 0.15) is 28.7 Å².